The summed E-state index contributed by atoms with van der Waals surface area (Å²) < 4.78 is 92.6. The molecule has 0 heterocycles. The molecule has 0 saturated carbocycles. The maximum Gasteiger partial charge on any atom is 0.241 e. The van der Waals surface area contributed by atoms with Gasteiger partial charge in [-0.25, -0.2) is 13.6 Å². The van der Waals surface area contributed by atoms with E-state index in [1.807, 2.05) is 0 Å². The highest BCUT2D eigenvalue weighted by molar-refractivity contribution is 7.89. The number of sulfonamides is 1. The van der Waals surface area contributed by atoms with Crippen LogP contribution in [0, 0.1) is 0 Å². The van der Waals surface area contributed by atoms with Crippen LogP contribution >= 0.6 is 0 Å². The van der Waals surface area contributed by atoms with E-state index in [1.54, 1.807) is 19.1 Å². The van der Waals surface area contributed by atoms with E-state index >= 15 is 0 Å². The van der Waals surface area contributed by atoms with Gasteiger partial charge in [-0.3, -0.25) is 0 Å². The molecule has 0 spiro atoms. The predicted octanol–water partition coefficient (Wildman–Crippen LogP) is 2.34. The number of nitrogens with two attached hydrogens (primary N) is 1. The molecule has 0 saturated heterocycles. The van der Waals surface area contributed by atoms with Crippen LogP contribution in [0.15, 0.2) is 47.4 Å². The van der Waals surface area contributed by atoms with Crippen LogP contribution in [-0.2, 0) is 16.4 Å². The van der Waals surface area contributed by atoms with Gasteiger partial charge >= 0.3 is 0 Å². The molecule has 3 N–H and O–H groups in total. The Kier molecular flexibility index (Phi) is 5.09. The van der Waals surface area contributed by atoms with Gasteiger partial charge in [-0.05, 0) is 50.0 Å². The molecule has 0 bridgehead atoms. The number of hydrogen-bond acceptors (Lipinski definition) is 6. The van der Waals surface area contributed by atoms with Gasteiger partial charge in [-0.15, -0.1) is 0 Å². The minimum Gasteiger partial charge on any atom is -0.495 e. The van der Waals surface area contributed by atoms with Crippen LogP contribution in [0.5, 0.6) is 17.2 Å². The molecule has 8 heteroatoms. The Morgan fingerprint density at radius 2 is 1.89 bits per heavy atom. The van der Waals surface area contributed by atoms with Gasteiger partial charge in [0.1, 0.15) is 17.3 Å². The minimum absolute atomic E-state index is 0.0353. The van der Waals surface area contributed by atoms with Crippen molar-refractivity contribution in [2.24, 2.45) is 5.14 Å². The summed E-state index contributed by atoms with van der Waals surface area (Å²) in [5.41, 5.74) is 0.581. The van der Waals surface area contributed by atoms with Crippen LogP contribution in [0.1, 0.15) is 28.9 Å². The molecule has 0 aromatic heterocycles. The molecule has 1 atom stereocenters. The summed E-state index contributed by atoms with van der Waals surface area (Å²) in [4.78, 5) is -0.176. The van der Waals surface area contributed by atoms with E-state index in [1.165, 1.54) is 37.4 Å². The highest BCUT2D eigenvalue weighted by Gasteiger charge is 2.16. The third-order valence-corrected chi connectivity index (χ3v) is 4.67. The van der Waals surface area contributed by atoms with Crippen LogP contribution in [0.3, 0.4) is 0 Å². The minimum atomic E-state index is -4.02. The molecule has 0 aliphatic heterocycles. The highest BCUT2D eigenvalue weighted by Crippen LogP contribution is 2.26. The van der Waals surface area contributed by atoms with Crippen molar-refractivity contribution in [2.45, 2.75) is 31.1 Å². The second kappa shape index (κ2) is 10.3. The first kappa shape index (κ1) is 13.8. The Labute approximate surface area is 176 Å². The first-order valence-electron chi connectivity index (χ1n) is 11.8. The molecule has 0 unspecified atom stereocenters. The van der Waals surface area contributed by atoms with Crippen LogP contribution in [0.2, 0.25) is 0 Å². The number of primary sulfonamides is 1. The topological polar surface area (TPSA) is 99.9 Å². The van der Waals surface area contributed by atoms with E-state index in [2.05, 4.69) is 5.32 Å². The quantitative estimate of drug-likeness (QED) is 0.584. The highest BCUT2D eigenvalue weighted by atomic mass is 32.2. The normalized spacial score (nSPS) is 17.6. The predicted molar refractivity (Wildman–Crippen MR) is 109 cm³/mol. The Morgan fingerprint density at radius 3 is 2.54 bits per heavy atom. The lowest BCUT2D eigenvalue weighted by Gasteiger charge is -2.16. The van der Waals surface area contributed by atoms with Crippen molar-refractivity contribution in [1.82, 2.24) is 5.32 Å². The Morgan fingerprint density at radius 1 is 1.18 bits per heavy atom. The van der Waals surface area contributed by atoms with Gasteiger partial charge in [0.25, 0.3) is 0 Å². The fraction of sp³-hybridized carbons (Fsp3) is 0.400. The first-order valence-corrected chi connectivity index (χ1v) is 9.88. The SMILES string of the molecule is [2H]C([2H])(COc1ccccc1OC([2H])([2H])C([2H])([2H])[2H])N[C@H](C)Cc1ccc(OC)c(S(N)(=O)=O)c1. The van der Waals surface area contributed by atoms with Gasteiger partial charge in [-0.1, -0.05) is 18.2 Å². The average molecular weight is 416 g/mol. The van der Waals surface area contributed by atoms with E-state index in [-0.39, 0.29) is 28.6 Å². The van der Waals surface area contributed by atoms with E-state index in [0.717, 1.165) is 0 Å². The van der Waals surface area contributed by atoms with E-state index in [4.69, 9.17) is 28.9 Å². The van der Waals surface area contributed by atoms with Gasteiger partial charge < -0.3 is 19.5 Å². The van der Waals surface area contributed by atoms with Gasteiger partial charge in [0.15, 0.2) is 11.5 Å². The fourth-order valence-electron chi connectivity index (χ4n) is 2.51. The number of ether oxygens (including phenoxy) is 3. The van der Waals surface area contributed by atoms with Gasteiger partial charge in [0, 0.05) is 19.4 Å². The summed E-state index contributed by atoms with van der Waals surface area (Å²) in [5.74, 6) is -0.123. The van der Waals surface area contributed by atoms with Crippen LogP contribution in [-0.4, -0.2) is 41.2 Å². The third-order valence-electron chi connectivity index (χ3n) is 3.73. The number of nitrogens with one attached hydrogen (secondary N) is 1. The van der Waals surface area contributed by atoms with Crippen molar-refractivity contribution in [3.05, 3.63) is 48.0 Å². The Bertz CT molecular complexity index is 1130. The van der Waals surface area contributed by atoms with Crippen molar-refractivity contribution in [2.75, 3.05) is 26.8 Å². The lowest BCUT2D eigenvalue weighted by atomic mass is 10.1. The number of para-hydroxylation sites is 2. The number of methoxy groups -OCH3 is 1. The molecule has 7 nitrogen and oxygen atoms in total. The van der Waals surface area contributed by atoms with Crippen molar-refractivity contribution in [3.63, 3.8) is 0 Å². The summed E-state index contributed by atoms with van der Waals surface area (Å²) in [6.07, 6.45) is 0.254. The van der Waals surface area contributed by atoms with Crippen molar-refractivity contribution >= 4 is 10.0 Å². The second-order valence-corrected chi connectivity index (χ2v) is 7.43. The van der Waals surface area contributed by atoms with Crippen LogP contribution in [0.25, 0.3) is 0 Å². The smallest absolute Gasteiger partial charge is 0.241 e. The van der Waals surface area contributed by atoms with Crippen LogP contribution in [0.4, 0.5) is 0 Å². The molecular weight excluding hydrogens is 380 g/mol. The molecule has 28 heavy (non-hydrogen) atoms. The third kappa shape index (κ3) is 6.40. The molecule has 2 aromatic carbocycles. The van der Waals surface area contributed by atoms with E-state index in [9.17, 15) is 8.42 Å². The zero-order valence-corrected chi connectivity index (χ0v) is 16.4. The Hall–Kier alpha value is -2.29. The summed E-state index contributed by atoms with van der Waals surface area (Å²) in [7, 11) is -2.70. The molecule has 0 aliphatic rings. The molecule has 154 valence electrons. The first-order chi connectivity index (χ1) is 15.9. The molecule has 0 aliphatic carbocycles. The average Bonchev–Trinajstić information content (AvgIpc) is 2.71. The lowest BCUT2D eigenvalue weighted by molar-refractivity contribution is 0.272. The van der Waals surface area contributed by atoms with Gasteiger partial charge in [0.05, 0.1) is 16.4 Å². The van der Waals surface area contributed by atoms with Crippen molar-refractivity contribution in [1.29, 1.82) is 0 Å². The maximum absolute atomic E-state index is 11.8. The molecule has 2 rings (SSSR count). The summed E-state index contributed by atoms with van der Waals surface area (Å²) in [6.45, 7) is -6.91. The number of hydrogen-bond donors (Lipinski definition) is 2. The summed E-state index contributed by atoms with van der Waals surface area (Å²) in [6, 6.07) is 9.77. The van der Waals surface area contributed by atoms with Crippen molar-refractivity contribution in [3.8, 4) is 17.2 Å². The van der Waals surface area contributed by atoms with E-state index in [0.29, 0.717) is 5.56 Å². The number of benzene rings is 2. The second-order valence-electron chi connectivity index (χ2n) is 5.90. The maximum atomic E-state index is 11.8. The summed E-state index contributed by atoms with van der Waals surface area (Å²) >= 11 is 0. The molecule has 0 amide bonds. The van der Waals surface area contributed by atoms with Gasteiger partial charge in [-0.2, -0.15) is 0 Å². The van der Waals surface area contributed by atoms with Crippen LogP contribution < -0.4 is 24.7 Å². The molecule has 2 aromatic rings. The van der Waals surface area contributed by atoms with E-state index < -0.39 is 42.6 Å². The molecule has 0 fully saturated rings. The van der Waals surface area contributed by atoms with Gasteiger partial charge in [0.2, 0.25) is 10.0 Å². The lowest BCUT2D eigenvalue weighted by Crippen LogP contribution is -2.32. The monoisotopic (exact) mass is 415 g/mol. The molecule has 0 radical (unpaired) electrons. The zero-order chi connectivity index (χ0) is 26.7. The molecular formula is C20H28N2O5S. The Balaban J connectivity index is 2.07. The standard InChI is InChI=1S/C20H28N2O5S/c1-4-26-17-7-5-6-8-18(17)27-12-11-22-15(2)13-16-9-10-19(25-3)20(14-16)28(21,23)24/h5-10,14-15,22H,4,11-13H2,1-3H3,(H2,21,23,24)/t15-/m1/s1/i1D3,4D2,11D2. The number of rotatable bonds is 11. The largest absolute Gasteiger partial charge is 0.495 e. The summed E-state index contributed by atoms with van der Waals surface area (Å²) in [5, 5.41) is 7.98. The zero-order valence-electron chi connectivity index (χ0n) is 22.6. The fourth-order valence-corrected chi connectivity index (χ4v) is 3.26. The van der Waals surface area contributed by atoms with Crippen molar-refractivity contribution < 1.29 is 32.2 Å².